The molecule has 4 rings (SSSR count). The molecule has 128 valence electrons. The maximum Gasteiger partial charge on any atom is 0.245 e. The molecule has 7 nitrogen and oxygen atoms in total. The number of alkyl halides is 1. The molecular weight excluding hydrogens is 337 g/mol. The van der Waals surface area contributed by atoms with Crippen molar-refractivity contribution in [2.75, 3.05) is 13.2 Å². The van der Waals surface area contributed by atoms with Gasteiger partial charge in [-0.2, -0.15) is 9.29 Å². The summed E-state index contributed by atoms with van der Waals surface area (Å²) in [7, 11) is -3.87. The van der Waals surface area contributed by atoms with Crippen LogP contribution in [0.2, 0.25) is 0 Å². The quantitative estimate of drug-likeness (QED) is 0.836. The fourth-order valence-corrected chi connectivity index (χ4v) is 4.82. The van der Waals surface area contributed by atoms with Crippen LogP contribution in [0.15, 0.2) is 27.6 Å². The third-order valence-corrected chi connectivity index (χ3v) is 6.17. The van der Waals surface area contributed by atoms with Gasteiger partial charge in [-0.1, -0.05) is 5.16 Å². The first-order valence-corrected chi connectivity index (χ1v) is 9.11. The van der Waals surface area contributed by atoms with Crippen molar-refractivity contribution in [2.45, 2.75) is 36.9 Å². The van der Waals surface area contributed by atoms with Crippen molar-refractivity contribution in [3.63, 3.8) is 0 Å². The zero-order chi connectivity index (χ0) is 16.9. The van der Waals surface area contributed by atoms with Crippen molar-refractivity contribution >= 4 is 10.0 Å². The number of ether oxygens (including phenoxy) is 1. The van der Waals surface area contributed by atoms with Gasteiger partial charge in [0.15, 0.2) is 5.82 Å². The summed E-state index contributed by atoms with van der Waals surface area (Å²) in [6, 6.07) is 3.95. The van der Waals surface area contributed by atoms with E-state index in [-0.39, 0.29) is 23.8 Å². The van der Waals surface area contributed by atoms with E-state index in [0.717, 1.165) is 9.87 Å². The van der Waals surface area contributed by atoms with E-state index in [2.05, 4.69) is 10.1 Å². The van der Waals surface area contributed by atoms with Crippen molar-refractivity contribution < 1.29 is 22.1 Å². The molecule has 1 aromatic carbocycles. The Morgan fingerprint density at radius 1 is 1.38 bits per heavy atom. The summed E-state index contributed by atoms with van der Waals surface area (Å²) in [5.74, 6) is 1.21. The lowest BCUT2D eigenvalue weighted by Gasteiger charge is -2.21. The van der Waals surface area contributed by atoms with Gasteiger partial charge in [0.05, 0.1) is 11.5 Å². The van der Waals surface area contributed by atoms with E-state index in [1.165, 1.54) is 6.07 Å². The molecule has 0 amide bonds. The molecule has 0 saturated carbocycles. The first-order valence-electron chi connectivity index (χ1n) is 7.67. The van der Waals surface area contributed by atoms with Crippen LogP contribution in [0.3, 0.4) is 0 Å². The van der Waals surface area contributed by atoms with Gasteiger partial charge in [0, 0.05) is 19.4 Å². The minimum Gasteiger partial charge on any atom is -0.493 e. The lowest BCUT2D eigenvalue weighted by atomic mass is 10.2. The number of hydrogen-bond donors (Lipinski definition) is 0. The third-order valence-electron chi connectivity index (χ3n) is 4.30. The van der Waals surface area contributed by atoms with Crippen LogP contribution in [0, 0.1) is 6.92 Å². The monoisotopic (exact) mass is 353 g/mol. The molecule has 2 atom stereocenters. The van der Waals surface area contributed by atoms with Crippen LogP contribution in [-0.4, -0.2) is 42.2 Å². The zero-order valence-corrected chi connectivity index (χ0v) is 13.8. The van der Waals surface area contributed by atoms with Crippen LogP contribution in [0.4, 0.5) is 4.39 Å². The van der Waals surface area contributed by atoms with Gasteiger partial charge in [0.25, 0.3) is 0 Å². The van der Waals surface area contributed by atoms with Crippen molar-refractivity contribution in [2.24, 2.45) is 0 Å². The molecule has 3 heterocycles. The summed E-state index contributed by atoms with van der Waals surface area (Å²) in [5, 5.41) is 3.68. The molecule has 2 aliphatic heterocycles. The fraction of sp³-hybridized carbons (Fsp3) is 0.467. The number of hydrogen-bond acceptors (Lipinski definition) is 6. The minimum atomic E-state index is -3.87. The van der Waals surface area contributed by atoms with Gasteiger partial charge in [-0.25, -0.2) is 12.8 Å². The van der Waals surface area contributed by atoms with Gasteiger partial charge in [0.2, 0.25) is 15.9 Å². The molecule has 0 aliphatic carbocycles. The van der Waals surface area contributed by atoms with Gasteiger partial charge < -0.3 is 9.26 Å². The molecule has 0 spiro atoms. The number of fused-ring (bicyclic) bond motifs is 1. The highest BCUT2D eigenvalue weighted by Crippen LogP contribution is 2.38. The van der Waals surface area contributed by atoms with Crippen LogP contribution >= 0.6 is 0 Å². The molecule has 9 heteroatoms. The largest absolute Gasteiger partial charge is 0.493 e. The van der Waals surface area contributed by atoms with Gasteiger partial charge in [-0.05, 0) is 30.7 Å². The first kappa shape index (κ1) is 15.5. The Labute approximate surface area is 138 Å². The fourth-order valence-electron chi connectivity index (χ4n) is 3.15. The number of aromatic nitrogens is 2. The van der Waals surface area contributed by atoms with Crippen LogP contribution < -0.4 is 4.74 Å². The topological polar surface area (TPSA) is 85.5 Å². The second-order valence-electron chi connectivity index (χ2n) is 5.97. The highest BCUT2D eigenvalue weighted by atomic mass is 32.2. The Hall–Kier alpha value is -2.00. The van der Waals surface area contributed by atoms with E-state index in [1.54, 1.807) is 19.1 Å². The van der Waals surface area contributed by atoms with Crippen molar-refractivity contribution in [1.29, 1.82) is 0 Å². The van der Waals surface area contributed by atoms with Crippen molar-refractivity contribution in [1.82, 2.24) is 14.4 Å². The summed E-state index contributed by atoms with van der Waals surface area (Å²) >= 11 is 0. The molecule has 2 aliphatic rings. The predicted molar refractivity (Wildman–Crippen MR) is 80.8 cm³/mol. The Bertz CT molecular complexity index is 883. The molecule has 0 bridgehead atoms. The Morgan fingerprint density at radius 3 is 2.96 bits per heavy atom. The highest BCUT2D eigenvalue weighted by Gasteiger charge is 2.44. The normalized spacial score (nSPS) is 24.1. The average Bonchev–Trinajstić information content (AvgIpc) is 3.25. The minimum absolute atomic E-state index is 0.00884. The lowest BCUT2D eigenvalue weighted by molar-refractivity contribution is 0.289. The number of benzene rings is 1. The number of rotatable bonds is 3. The molecule has 0 radical (unpaired) electrons. The summed E-state index contributed by atoms with van der Waals surface area (Å²) in [4.78, 5) is 4.20. The number of aryl methyl sites for hydroxylation is 1. The van der Waals surface area contributed by atoms with E-state index in [9.17, 15) is 12.8 Å². The van der Waals surface area contributed by atoms with E-state index in [1.807, 2.05) is 0 Å². The maximum atomic E-state index is 14.0. The number of nitrogens with zero attached hydrogens (tertiary/aromatic N) is 3. The van der Waals surface area contributed by atoms with Crippen LogP contribution in [0.25, 0.3) is 0 Å². The molecule has 0 unspecified atom stereocenters. The highest BCUT2D eigenvalue weighted by molar-refractivity contribution is 7.89. The van der Waals surface area contributed by atoms with Crippen molar-refractivity contribution in [3.05, 3.63) is 35.5 Å². The molecule has 2 aromatic rings. The second kappa shape index (κ2) is 5.52. The smallest absolute Gasteiger partial charge is 0.245 e. The maximum absolute atomic E-state index is 14.0. The summed E-state index contributed by atoms with van der Waals surface area (Å²) in [5.41, 5.74) is 0.845. The summed E-state index contributed by atoms with van der Waals surface area (Å²) < 4.78 is 51.6. The Kier molecular flexibility index (Phi) is 3.57. The predicted octanol–water partition coefficient (Wildman–Crippen LogP) is 1.79. The van der Waals surface area contributed by atoms with E-state index < -0.39 is 22.2 Å². The summed E-state index contributed by atoms with van der Waals surface area (Å²) in [6.45, 7) is 1.95. The standard InChI is InChI=1S/C15H16FN3O4S/c1-9-17-15(23-18-9)13-7-11(16)8-19(13)24(20,21)12-2-3-14-10(6-12)4-5-22-14/h2-3,6,11,13H,4-5,7-8H2,1H3/t11-,13+/m1/s1. The molecule has 1 aromatic heterocycles. The Balaban J connectivity index is 1.72. The van der Waals surface area contributed by atoms with E-state index in [0.29, 0.717) is 24.6 Å². The molecule has 1 saturated heterocycles. The van der Waals surface area contributed by atoms with Gasteiger partial charge >= 0.3 is 0 Å². The average molecular weight is 353 g/mol. The van der Waals surface area contributed by atoms with Gasteiger partial charge in [-0.3, -0.25) is 0 Å². The molecule has 0 N–H and O–H groups in total. The van der Waals surface area contributed by atoms with Crippen LogP contribution in [-0.2, 0) is 16.4 Å². The first-order chi connectivity index (χ1) is 11.4. The SMILES string of the molecule is Cc1noc([C@@H]2C[C@@H](F)CN2S(=O)(=O)c2ccc3c(c2)CCO3)n1. The van der Waals surface area contributed by atoms with E-state index in [4.69, 9.17) is 9.26 Å². The van der Waals surface area contributed by atoms with Crippen molar-refractivity contribution in [3.8, 4) is 5.75 Å². The molecular formula is C15H16FN3O4S. The van der Waals surface area contributed by atoms with E-state index >= 15 is 0 Å². The third kappa shape index (κ3) is 2.48. The second-order valence-corrected chi connectivity index (χ2v) is 7.86. The number of sulfonamides is 1. The van der Waals surface area contributed by atoms with Gasteiger partial charge in [0.1, 0.15) is 18.0 Å². The lowest BCUT2D eigenvalue weighted by Crippen LogP contribution is -2.31. The Morgan fingerprint density at radius 2 is 2.21 bits per heavy atom. The number of halogens is 1. The molecule has 1 fully saturated rings. The van der Waals surface area contributed by atoms with Crippen LogP contribution in [0.1, 0.15) is 29.7 Å². The summed E-state index contributed by atoms with van der Waals surface area (Å²) in [6.07, 6.45) is -0.597. The molecule has 24 heavy (non-hydrogen) atoms. The zero-order valence-electron chi connectivity index (χ0n) is 13.0. The van der Waals surface area contributed by atoms with Gasteiger partial charge in [-0.15, -0.1) is 0 Å². The van der Waals surface area contributed by atoms with Crippen LogP contribution in [0.5, 0.6) is 5.75 Å².